The summed E-state index contributed by atoms with van der Waals surface area (Å²) in [6, 6.07) is 0.350. The van der Waals surface area contributed by atoms with Gasteiger partial charge in [0.2, 0.25) is 17.7 Å². The number of rotatable bonds is 20. The maximum atomic E-state index is 12.0. The Morgan fingerprint density at radius 2 is 1.51 bits per heavy atom. The van der Waals surface area contributed by atoms with E-state index in [2.05, 4.69) is 32.5 Å². The first-order valence-electron chi connectivity index (χ1n) is 12.6. The summed E-state index contributed by atoms with van der Waals surface area (Å²) in [7, 11) is 0. The predicted octanol–water partition coefficient (Wildman–Crippen LogP) is -0.866. The number of carbonyl (C=O) groups is 4. The largest absolute Gasteiger partial charge is 0.378 e. The highest BCUT2D eigenvalue weighted by atomic mass is 32.2. The van der Waals surface area contributed by atoms with Gasteiger partial charge in [0.05, 0.1) is 45.1 Å². The lowest BCUT2D eigenvalue weighted by atomic mass is 10.0. The smallest absolute Gasteiger partial charge is 0.315 e. The third-order valence-electron chi connectivity index (χ3n) is 5.66. The molecule has 0 bridgehead atoms. The molecule has 2 fully saturated rings. The van der Waals surface area contributed by atoms with Crippen LogP contribution in [0.15, 0.2) is 0 Å². The van der Waals surface area contributed by atoms with E-state index in [0.717, 1.165) is 25.0 Å². The number of amides is 5. The van der Waals surface area contributed by atoms with E-state index in [0.29, 0.717) is 51.2 Å². The van der Waals surface area contributed by atoms with E-state index in [1.807, 2.05) is 11.8 Å². The Morgan fingerprint density at radius 3 is 2.19 bits per heavy atom. The van der Waals surface area contributed by atoms with Gasteiger partial charge in [-0.15, -0.1) is 6.42 Å². The molecule has 208 valence electrons. The lowest BCUT2D eigenvalue weighted by molar-refractivity contribution is -0.129. The number of fused-ring (bicyclic) bond motifs is 1. The van der Waals surface area contributed by atoms with Crippen LogP contribution >= 0.6 is 11.8 Å². The number of unbranched alkanes of at least 4 members (excludes halogenated alkanes) is 1. The van der Waals surface area contributed by atoms with Crippen LogP contribution in [0, 0.1) is 12.3 Å². The molecule has 5 amide bonds. The Bertz CT molecular complexity index is 779. The fourth-order valence-electron chi connectivity index (χ4n) is 3.87. The summed E-state index contributed by atoms with van der Waals surface area (Å²) < 4.78 is 15.7. The maximum Gasteiger partial charge on any atom is 0.315 e. The van der Waals surface area contributed by atoms with E-state index in [9.17, 15) is 19.2 Å². The molecule has 5 N–H and O–H groups in total. The number of urea groups is 1. The first kappa shape index (κ1) is 30.7. The average molecular weight is 542 g/mol. The van der Waals surface area contributed by atoms with Crippen LogP contribution in [0.5, 0.6) is 0 Å². The zero-order chi connectivity index (χ0) is 26.7. The van der Waals surface area contributed by atoms with Crippen molar-refractivity contribution in [3.63, 3.8) is 0 Å². The number of hydrogen-bond donors (Lipinski definition) is 5. The van der Waals surface area contributed by atoms with Gasteiger partial charge >= 0.3 is 6.03 Å². The van der Waals surface area contributed by atoms with Crippen LogP contribution in [0.4, 0.5) is 4.79 Å². The Hall–Kier alpha value is -2.53. The lowest BCUT2D eigenvalue weighted by Gasteiger charge is -2.16. The SMILES string of the molecule is C#CCOCCOCCNC(=O)CC(=O)NCCOCCNC(=O)CCCCC1SCC2NC(=O)NC21. The summed E-state index contributed by atoms with van der Waals surface area (Å²) in [4.78, 5) is 46.9. The highest BCUT2D eigenvalue weighted by Crippen LogP contribution is 2.33. The molecule has 12 nitrogen and oxygen atoms in total. The second kappa shape index (κ2) is 18.7. The zero-order valence-electron chi connectivity index (χ0n) is 21.2. The summed E-state index contributed by atoms with van der Waals surface area (Å²) in [5.41, 5.74) is 0. The molecular weight excluding hydrogens is 502 g/mol. The van der Waals surface area contributed by atoms with Crippen molar-refractivity contribution >= 4 is 35.5 Å². The molecule has 2 saturated heterocycles. The van der Waals surface area contributed by atoms with Crippen LogP contribution in [0.1, 0.15) is 32.1 Å². The third kappa shape index (κ3) is 13.5. The van der Waals surface area contributed by atoms with Crippen LogP contribution < -0.4 is 26.6 Å². The minimum atomic E-state index is -0.392. The monoisotopic (exact) mass is 541 g/mol. The average Bonchev–Trinajstić information content (AvgIpc) is 3.42. The summed E-state index contributed by atoms with van der Waals surface area (Å²) >= 11 is 1.88. The van der Waals surface area contributed by atoms with Crippen LogP contribution in [-0.4, -0.2) is 106 Å². The van der Waals surface area contributed by atoms with E-state index in [4.69, 9.17) is 20.6 Å². The first-order valence-corrected chi connectivity index (χ1v) is 13.7. The van der Waals surface area contributed by atoms with Gasteiger partial charge in [0.1, 0.15) is 13.0 Å². The number of terminal acetylenes is 1. The normalized spacial score (nSPS) is 19.9. The Labute approximate surface area is 222 Å². The lowest BCUT2D eigenvalue weighted by Crippen LogP contribution is -2.36. The van der Waals surface area contributed by atoms with Gasteiger partial charge in [-0.2, -0.15) is 11.8 Å². The van der Waals surface area contributed by atoms with Crippen LogP contribution in [-0.2, 0) is 28.6 Å². The van der Waals surface area contributed by atoms with Gasteiger partial charge in [-0.25, -0.2) is 4.79 Å². The number of nitrogens with one attached hydrogen (secondary N) is 5. The summed E-state index contributed by atoms with van der Waals surface area (Å²) in [6.07, 6.45) is 7.96. The Morgan fingerprint density at radius 1 is 0.892 bits per heavy atom. The fourth-order valence-corrected chi connectivity index (χ4v) is 5.42. The molecule has 3 atom stereocenters. The van der Waals surface area contributed by atoms with Gasteiger partial charge in [0.15, 0.2) is 0 Å². The van der Waals surface area contributed by atoms with E-state index >= 15 is 0 Å². The topological polar surface area (TPSA) is 156 Å². The van der Waals surface area contributed by atoms with Crippen LogP contribution in [0.2, 0.25) is 0 Å². The van der Waals surface area contributed by atoms with Crippen molar-refractivity contribution in [2.75, 3.05) is 65.0 Å². The highest BCUT2D eigenvalue weighted by molar-refractivity contribution is 8.00. The molecular formula is C24H39N5O7S. The first-order chi connectivity index (χ1) is 18.0. The van der Waals surface area contributed by atoms with Crippen molar-refractivity contribution in [1.29, 1.82) is 0 Å². The van der Waals surface area contributed by atoms with Gasteiger partial charge in [-0.1, -0.05) is 12.3 Å². The highest BCUT2D eigenvalue weighted by Gasteiger charge is 2.42. The molecule has 0 aliphatic carbocycles. The van der Waals surface area contributed by atoms with Crippen LogP contribution in [0.25, 0.3) is 0 Å². The number of hydrogen-bond acceptors (Lipinski definition) is 8. The van der Waals surface area contributed by atoms with Gasteiger partial charge in [0, 0.05) is 37.1 Å². The molecule has 2 aliphatic heterocycles. The van der Waals surface area contributed by atoms with Crippen molar-refractivity contribution in [1.82, 2.24) is 26.6 Å². The van der Waals surface area contributed by atoms with Crippen molar-refractivity contribution in [2.24, 2.45) is 0 Å². The molecule has 2 aliphatic rings. The van der Waals surface area contributed by atoms with Crippen molar-refractivity contribution < 1.29 is 33.4 Å². The number of ether oxygens (including phenoxy) is 3. The van der Waals surface area contributed by atoms with E-state index in [1.54, 1.807) is 0 Å². The maximum absolute atomic E-state index is 12.0. The third-order valence-corrected chi connectivity index (χ3v) is 7.17. The quantitative estimate of drug-likeness (QED) is 0.0577. The minimum Gasteiger partial charge on any atom is -0.378 e. The fraction of sp³-hybridized carbons (Fsp3) is 0.750. The number of carbonyl (C=O) groups excluding carboxylic acids is 4. The molecule has 0 aromatic heterocycles. The van der Waals surface area contributed by atoms with Crippen LogP contribution in [0.3, 0.4) is 0 Å². The molecule has 2 rings (SSSR count). The van der Waals surface area contributed by atoms with E-state index in [-0.39, 0.29) is 56.1 Å². The van der Waals surface area contributed by atoms with E-state index < -0.39 is 5.91 Å². The van der Waals surface area contributed by atoms with Crippen molar-refractivity contribution in [3.8, 4) is 12.3 Å². The molecule has 3 unspecified atom stereocenters. The van der Waals surface area contributed by atoms with Crippen molar-refractivity contribution in [2.45, 2.75) is 49.4 Å². The second-order valence-electron chi connectivity index (χ2n) is 8.58. The standard InChI is InChI=1S/C24H39N5O7S/c1-2-10-34-14-15-36-13-9-27-22(32)16-21(31)26-8-12-35-11-7-25-20(30)6-4-3-5-19-23-18(17-37-19)28-24(33)29-23/h1,18-19,23H,3-17H2,(H,25,30)(H,26,31)(H,27,32)(H2,28,29,33). The Balaban J connectivity index is 1.33. The second-order valence-corrected chi connectivity index (χ2v) is 9.85. The van der Waals surface area contributed by atoms with Gasteiger partial charge < -0.3 is 40.8 Å². The van der Waals surface area contributed by atoms with Crippen molar-refractivity contribution in [3.05, 3.63) is 0 Å². The Kier molecular flexibility index (Phi) is 15.5. The number of thioether (sulfide) groups is 1. The van der Waals surface area contributed by atoms with Gasteiger partial charge in [0.25, 0.3) is 0 Å². The summed E-state index contributed by atoms with van der Waals surface area (Å²) in [5, 5.41) is 14.3. The molecule has 0 spiro atoms. The molecule has 37 heavy (non-hydrogen) atoms. The molecule has 13 heteroatoms. The molecule has 0 aromatic rings. The molecule has 2 heterocycles. The molecule has 0 saturated carbocycles. The van der Waals surface area contributed by atoms with Gasteiger partial charge in [-0.05, 0) is 12.8 Å². The molecule has 0 radical (unpaired) electrons. The van der Waals surface area contributed by atoms with Gasteiger partial charge in [-0.3, -0.25) is 14.4 Å². The minimum absolute atomic E-state index is 0.0154. The summed E-state index contributed by atoms with van der Waals surface area (Å²) in [5.74, 6) is 2.49. The van der Waals surface area contributed by atoms with E-state index in [1.165, 1.54) is 0 Å². The zero-order valence-corrected chi connectivity index (χ0v) is 22.0. The summed E-state index contributed by atoms with van der Waals surface area (Å²) in [6.45, 7) is 2.91. The predicted molar refractivity (Wildman–Crippen MR) is 139 cm³/mol. The molecule has 0 aromatic carbocycles.